The highest BCUT2D eigenvalue weighted by atomic mass is 16.3. The number of aliphatic hydroxyl groups is 3. The first-order chi connectivity index (χ1) is 32.0. The zero-order chi connectivity index (χ0) is 47.2. The van der Waals surface area contributed by atoms with E-state index in [1.807, 2.05) is 6.08 Å². The van der Waals surface area contributed by atoms with E-state index in [1.54, 1.807) is 6.08 Å². The summed E-state index contributed by atoms with van der Waals surface area (Å²) < 4.78 is 0. The third kappa shape index (κ3) is 51.5. The van der Waals surface area contributed by atoms with Gasteiger partial charge in [-0.1, -0.05) is 281 Å². The molecule has 0 rings (SSSR count). The molecule has 0 aliphatic carbocycles. The minimum atomic E-state index is -0.953. The van der Waals surface area contributed by atoms with Gasteiger partial charge in [-0.2, -0.15) is 0 Å². The lowest BCUT2D eigenvalue weighted by Gasteiger charge is -2.21. The van der Waals surface area contributed by atoms with Gasteiger partial charge < -0.3 is 20.6 Å². The number of amides is 1. The summed E-state index contributed by atoms with van der Waals surface area (Å²) in [7, 11) is 0. The molecule has 1 amide bonds. The van der Waals surface area contributed by atoms with E-state index < -0.39 is 18.2 Å². The summed E-state index contributed by atoms with van der Waals surface area (Å²) in [5.41, 5.74) is 0. The summed E-state index contributed by atoms with van der Waals surface area (Å²) in [6.07, 6.45) is 73.1. The Balaban J connectivity index is 3.57. The molecular weight excluding hydrogens is 799 g/mol. The summed E-state index contributed by atoms with van der Waals surface area (Å²) in [5.74, 6) is -0.323. The molecule has 0 aromatic carbocycles. The van der Waals surface area contributed by atoms with Crippen molar-refractivity contribution in [2.75, 3.05) is 6.61 Å². The lowest BCUT2D eigenvalue weighted by molar-refractivity contribution is -0.124. The number of hydrogen-bond donors (Lipinski definition) is 4. The summed E-state index contributed by atoms with van der Waals surface area (Å²) in [6.45, 7) is 4.23. The van der Waals surface area contributed by atoms with Crippen molar-refractivity contribution in [1.29, 1.82) is 0 Å². The summed E-state index contributed by atoms with van der Waals surface area (Å²) in [5, 5.41) is 33.4. The van der Waals surface area contributed by atoms with E-state index in [4.69, 9.17) is 0 Å². The molecule has 4 N–H and O–H groups in total. The first-order valence-corrected chi connectivity index (χ1v) is 28.9. The van der Waals surface area contributed by atoms with Gasteiger partial charge in [-0.05, 0) is 64.2 Å². The van der Waals surface area contributed by atoms with Crippen LogP contribution in [0, 0.1) is 0 Å². The largest absolute Gasteiger partial charge is 0.394 e. The van der Waals surface area contributed by atoms with Gasteiger partial charge in [-0.15, -0.1) is 0 Å². The van der Waals surface area contributed by atoms with Gasteiger partial charge in [-0.25, -0.2) is 0 Å². The van der Waals surface area contributed by atoms with Crippen molar-refractivity contribution in [2.24, 2.45) is 0 Å². The molecule has 0 saturated carbocycles. The number of carbonyl (C=O) groups is 1. The molecule has 3 unspecified atom stereocenters. The van der Waals surface area contributed by atoms with Gasteiger partial charge in [0, 0.05) is 0 Å². The second kappa shape index (κ2) is 54.9. The Morgan fingerprint density at radius 2 is 0.708 bits per heavy atom. The molecule has 0 saturated heterocycles. The van der Waals surface area contributed by atoms with Crippen LogP contribution in [0.4, 0.5) is 0 Å². The van der Waals surface area contributed by atoms with E-state index in [9.17, 15) is 20.1 Å². The van der Waals surface area contributed by atoms with E-state index in [0.717, 1.165) is 38.5 Å². The Kier molecular flexibility index (Phi) is 53.5. The van der Waals surface area contributed by atoms with Crippen LogP contribution in [0.15, 0.2) is 48.6 Å². The average Bonchev–Trinajstić information content (AvgIpc) is 3.30. The number of rotatable bonds is 53. The molecule has 5 heteroatoms. The lowest BCUT2D eigenvalue weighted by atomic mass is 10.0. The SMILES string of the molecule is CCCCCCCCCCC/C=C\C/C=C\CCCCCCCCCCCCCCCCCC(O)CC(=O)NC(CO)C(O)/C=C/CC/C=C/CCCCCCCCCCCCCCC. The van der Waals surface area contributed by atoms with Crippen LogP contribution in [0.2, 0.25) is 0 Å². The molecule has 0 spiro atoms. The van der Waals surface area contributed by atoms with Crippen LogP contribution in [-0.2, 0) is 4.79 Å². The fourth-order valence-corrected chi connectivity index (χ4v) is 8.92. The zero-order valence-corrected chi connectivity index (χ0v) is 43.6. The molecule has 0 aliphatic rings. The zero-order valence-electron chi connectivity index (χ0n) is 43.6. The monoisotopic (exact) mass is 912 g/mol. The van der Waals surface area contributed by atoms with Crippen LogP contribution in [0.5, 0.6) is 0 Å². The maximum atomic E-state index is 12.5. The number of aliphatic hydroxyl groups excluding tert-OH is 3. The second-order valence-electron chi connectivity index (χ2n) is 19.9. The molecule has 0 aliphatic heterocycles. The Bertz CT molecular complexity index is 1050. The Morgan fingerprint density at radius 1 is 0.400 bits per heavy atom. The normalized spacial score (nSPS) is 13.6. The second-order valence-corrected chi connectivity index (χ2v) is 19.9. The van der Waals surface area contributed by atoms with Gasteiger partial charge in [0.1, 0.15) is 0 Å². The summed E-state index contributed by atoms with van der Waals surface area (Å²) in [6, 6.07) is -0.762. The highest BCUT2D eigenvalue weighted by molar-refractivity contribution is 5.76. The Labute approximate surface area is 406 Å². The van der Waals surface area contributed by atoms with E-state index in [2.05, 4.69) is 55.6 Å². The molecule has 0 aromatic rings. The predicted octanol–water partition coefficient (Wildman–Crippen LogP) is 18.0. The molecule has 382 valence electrons. The van der Waals surface area contributed by atoms with Crippen molar-refractivity contribution in [2.45, 2.75) is 321 Å². The van der Waals surface area contributed by atoms with Crippen molar-refractivity contribution >= 4 is 5.91 Å². The van der Waals surface area contributed by atoms with Crippen molar-refractivity contribution in [3.63, 3.8) is 0 Å². The minimum absolute atomic E-state index is 0.00629. The Hall–Kier alpha value is -1.69. The quantitative estimate of drug-likeness (QED) is 0.0361. The topological polar surface area (TPSA) is 89.8 Å². The van der Waals surface area contributed by atoms with Crippen molar-refractivity contribution in [3.8, 4) is 0 Å². The van der Waals surface area contributed by atoms with Crippen molar-refractivity contribution in [3.05, 3.63) is 48.6 Å². The van der Waals surface area contributed by atoms with Gasteiger partial charge >= 0.3 is 0 Å². The highest BCUT2D eigenvalue weighted by Crippen LogP contribution is 2.17. The average molecular weight is 913 g/mol. The first-order valence-electron chi connectivity index (χ1n) is 28.9. The first kappa shape index (κ1) is 63.3. The van der Waals surface area contributed by atoms with Crippen LogP contribution >= 0.6 is 0 Å². The third-order valence-corrected chi connectivity index (χ3v) is 13.3. The Morgan fingerprint density at radius 3 is 1.08 bits per heavy atom. The molecule has 0 fully saturated rings. The van der Waals surface area contributed by atoms with Gasteiger partial charge in [0.15, 0.2) is 0 Å². The lowest BCUT2D eigenvalue weighted by Crippen LogP contribution is -2.45. The molecule has 0 radical (unpaired) electrons. The molecule has 3 atom stereocenters. The standard InChI is InChI=1S/C60H113NO4/c1-3-5-7-9-11-13-15-17-19-21-23-24-25-26-27-28-29-30-31-32-33-34-36-37-39-41-43-45-47-49-51-53-57(63)55-60(65)61-58(56-62)59(64)54-52-50-48-46-44-42-40-38-35-22-20-18-16-14-12-10-8-6-4-2/h23-24,26-27,44,46,52,54,57-59,62-64H,3-22,25,28-43,45,47-51,53,55-56H2,1-2H3,(H,61,65)/b24-23-,27-26-,46-44+,54-52+. The molecule has 65 heavy (non-hydrogen) atoms. The number of unbranched alkanes of at least 4 members (excludes halogenated alkanes) is 38. The smallest absolute Gasteiger partial charge is 0.222 e. The molecular formula is C60H113NO4. The van der Waals surface area contributed by atoms with Gasteiger partial charge in [0.2, 0.25) is 5.91 Å². The number of allylic oxidation sites excluding steroid dienone is 7. The van der Waals surface area contributed by atoms with E-state index in [1.165, 1.54) is 238 Å². The van der Waals surface area contributed by atoms with Crippen LogP contribution in [0.25, 0.3) is 0 Å². The number of carbonyl (C=O) groups excluding carboxylic acids is 1. The fraction of sp³-hybridized carbons (Fsp3) is 0.850. The van der Waals surface area contributed by atoms with Crippen LogP contribution in [0.1, 0.15) is 303 Å². The maximum Gasteiger partial charge on any atom is 0.222 e. The van der Waals surface area contributed by atoms with Gasteiger partial charge in [-0.3, -0.25) is 4.79 Å². The van der Waals surface area contributed by atoms with Crippen LogP contribution < -0.4 is 5.32 Å². The van der Waals surface area contributed by atoms with Crippen molar-refractivity contribution in [1.82, 2.24) is 5.32 Å². The molecule has 5 nitrogen and oxygen atoms in total. The molecule has 0 heterocycles. The molecule has 0 aromatic heterocycles. The van der Waals surface area contributed by atoms with Crippen molar-refractivity contribution < 1.29 is 20.1 Å². The predicted molar refractivity (Wildman–Crippen MR) is 287 cm³/mol. The molecule has 0 bridgehead atoms. The minimum Gasteiger partial charge on any atom is -0.394 e. The fourth-order valence-electron chi connectivity index (χ4n) is 8.92. The van der Waals surface area contributed by atoms with Crippen LogP contribution in [-0.4, -0.2) is 46.1 Å². The third-order valence-electron chi connectivity index (χ3n) is 13.3. The number of hydrogen-bond acceptors (Lipinski definition) is 4. The summed E-state index contributed by atoms with van der Waals surface area (Å²) >= 11 is 0. The van der Waals surface area contributed by atoms with E-state index >= 15 is 0 Å². The van der Waals surface area contributed by atoms with Gasteiger partial charge in [0.25, 0.3) is 0 Å². The maximum absolute atomic E-state index is 12.5. The summed E-state index contributed by atoms with van der Waals surface area (Å²) in [4.78, 5) is 12.5. The van der Waals surface area contributed by atoms with E-state index in [0.29, 0.717) is 6.42 Å². The van der Waals surface area contributed by atoms with E-state index in [-0.39, 0.29) is 18.9 Å². The van der Waals surface area contributed by atoms with Crippen LogP contribution in [0.3, 0.4) is 0 Å². The number of nitrogens with one attached hydrogen (secondary N) is 1. The highest BCUT2D eigenvalue weighted by Gasteiger charge is 2.20. The van der Waals surface area contributed by atoms with Gasteiger partial charge in [0.05, 0.1) is 31.3 Å².